The number of hydrogen-bond donors (Lipinski definition) is 2. The third-order valence-electron chi connectivity index (χ3n) is 4.92. The smallest absolute Gasteiger partial charge is 0.303 e. The number of nitrogens with zero attached hydrogens (tertiary/aromatic N) is 3. The molecule has 0 spiro atoms. The van der Waals surface area contributed by atoms with Crippen LogP contribution in [0.4, 0.5) is 10.2 Å². The Hall–Kier alpha value is -3.33. The highest BCUT2D eigenvalue weighted by atomic mass is 19.1. The topological polar surface area (TPSA) is 110 Å². The Kier molecular flexibility index (Phi) is 8.68. The summed E-state index contributed by atoms with van der Waals surface area (Å²) in [6, 6.07) is 11.8. The molecular weight excluding hydrogens is 415 g/mol. The molecule has 2 heterocycles. The van der Waals surface area contributed by atoms with E-state index < -0.39 is 17.7 Å². The summed E-state index contributed by atoms with van der Waals surface area (Å²) >= 11 is 0. The molecule has 1 aromatic carbocycles. The van der Waals surface area contributed by atoms with Crippen LogP contribution in [0.2, 0.25) is 0 Å². The fourth-order valence-corrected chi connectivity index (χ4v) is 3.39. The number of carbonyl (C=O) groups is 1. The van der Waals surface area contributed by atoms with Gasteiger partial charge in [-0.1, -0.05) is 23.4 Å². The zero-order chi connectivity index (χ0) is 22.8. The molecule has 3 aromatic rings. The summed E-state index contributed by atoms with van der Waals surface area (Å²) in [5, 5.41) is 16.4. The molecule has 1 atom stereocenters. The summed E-state index contributed by atoms with van der Waals surface area (Å²) in [7, 11) is 1.66. The van der Waals surface area contributed by atoms with Gasteiger partial charge < -0.3 is 19.7 Å². The van der Waals surface area contributed by atoms with Crippen molar-refractivity contribution in [2.45, 2.75) is 38.0 Å². The molecule has 0 aliphatic rings. The van der Waals surface area contributed by atoms with Crippen LogP contribution >= 0.6 is 0 Å². The standard InChI is InChI=1S/C23H27FN4O4/c1-31-12-11-25-20-9-3-7-19(26-20)8-4-10-21-27-22(32-28-21)14-17(15-23(29)30)16-5-2-6-18(24)13-16/h2-3,5-7,9,13,17H,4,8,10-12,14-15H2,1H3,(H,25,26)(H,29,30). The van der Waals surface area contributed by atoms with E-state index in [0.717, 1.165) is 24.4 Å². The first-order valence-corrected chi connectivity index (χ1v) is 10.5. The van der Waals surface area contributed by atoms with Gasteiger partial charge in [0.05, 0.1) is 13.0 Å². The molecule has 9 heteroatoms. The van der Waals surface area contributed by atoms with Crippen LogP contribution in [-0.2, 0) is 28.8 Å². The molecule has 0 fully saturated rings. The Bertz CT molecular complexity index is 1010. The predicted molar refractivity (Wildman–Crippen MR) is 116 cm³/mol. The van der Waals surface area contributed by atoms with E-state index in [1.165, 1.54) is 12.1 Å². The molecule has 0 aliphatic carbocycles. The highest BCUT2D eigenvalue weighted by Crippen LogP contribution is 2.25. The van der Waals surface area contributed by atoms with E-state index in [2.05, 4.69) is 20.4 Å². The van der Waals surface area contributed by atoms with Gasteiger partial charge in [-0.05, 0) is 42.7 Å². The van der Waals surface area contributed by atoms with E-state index in [9.17, 15) is 14.3 Å². The maximum Gasteiger partial charge on any atom is 0.303 e. The molecule has 2 aromatic heterocycles. The van der Waals surface area contributed by atoms with Gasteiger partial charge >= 0.3 is 5.97 Å². The molecule has 0 aliphatic heterocycles. The van der Waals surface area contributed by atoms with E-state index >= 15 is 0 Å². The van der Waals surface area contributed by atoms with E-state index in [-0.39, 0.29) is 12.8 Å². The van der Waals surface area contributed by atoms with Gasteiger partial charge in [0.2, 0.25) is 5.89 Å². The fourth-order valence-electron chi connectivity index (χ4n) is 3.39. The maximum atomic E-state index is 13.6. The van der Waals surface area contributed by atoms with Crippen LogP contribution in [0, 0.1) is 5.82 Å². The van der Waals surface area contributed by atoms with Crippen LogP contribution in [0.3, 0.4) is 0 Å². The second-order valence-electron chi connectivity index (χ2n) is 7.45. The first kappa shape index (κ1) is 23.3. The van der Waals surface area contributed by atoms with Crippen LogP contribution in [0.15, 0.2) is 47.0 Å². The van der Waals surface area contributed by atoms with Gasteiger partial charge in [0.25, 0.3) is 0 Å². The zero-order valence-corrected chi connectivity index (χ0v) is 18.0. The van der Waals surface area contributed by atoms with Gasteiger partial charge in [-0.15, -0.1) is 0 Å². The van der Waals surface area contributed by atoms with Crippen LogP contribution in [0.5, 0.6) is 0 Å². The minimum atomic E-state index is -0.967. The summed E-state index contributed by atoms with van der Waals surface area (Å²) in [5.41, 5.74) is 1.56. The molecule has 0 saturated carbocycles. The molecule has 170 valence electrons. The van der Waals surface area contributed by atoms with Crippen molar-refractivity contribution in [3.63, 3.8) is 0 Å². The van der Waals surface area contributed by atoms with Crippen LogP contribution < -0.4 is 5.32 Å². The lowest BCUT2D eigenvalue weighted by atomic mass is 9.92. The molecule has 0 bridgehead atoms. The third kappa shape index (κ3) is 7.42. The first-order valence-electron chi connectivity index (χ1n) is 10.5. The number of nitrogens with one attached hydrogen (secondary N) is 1. The Morgan fingerprint density at radius 2 is 2.06 bits per heavy atom. The Morgan fingerprint density at radius 1 is 1.22 bits per heavy atom. The van der Waals surface area contributed by atoms with Gasteiger partial charge in [0.15, 0.2) is 5.82 Å². The van der Waals surface area contributed by atoms with Crippen molar-refractivity contribution in [1.29, 1.82) is 0 Å². The van der Waals surface area contributed by atoms with E-state index in [1.54, 1.807) is 19.2 Å². The quantitative estimate of drug-likeness (QED) is 0.386. The zero-order valence-electron chi connectivity index (χ0n) is 18.0. The van der Waals surface area contributed by atoms with E-state index in [0.29, 0.717) is 36.9 Å². The number of ether oxygens (including phenoxy) is 1. The number of carboxylic acids is 1. The van der Waals surface area contributed by atoms with Gasteiger partial charge in [-0.25, -0.2) is 9.37 Å². The van der Waals surface area contributed by atoms with Gasteiger partial charge in [-0.3, -0.25) is 4.79 Å². The number of carboxylic acid groups (broad SMARTS) is 1. The van der Waals surface area contributed by atoms with Crippen LogP contribution in [0.1, 0.15) is 41.7 Å². The van der Waals surface area contributed by atoms with Crippen LogP contribution in [-0.4, -0.2) is 46.5 Å². The van der Waals surface area contributed by atoms with Crippen molar-refractivity contribution in [1.82, 2.24) is 15.1 Å². The fraction of sp³-hybridized carbons (Fsp3) is 0.391. The van der Waals surface area contributed by atoms with Gasteiger partial charge in [0, 0.05) is 38.1 Å². The average molecular weight is 442 g/mol. The lowest BCUT2D eigenvalue weighted by Gasteiger charge is -2.13. The SMILES string of the molecule is COCCNc1cccc(CCCc2noc(CC(CC(=O)O)c3cccc(F)c3)n2)n1. The average Bonchev–Trinajstić information content (AvgIpc) is 3.21. The Morgan fingerprint density at radius 3 is 2.84 bits per heavy atom. The molecular formula is C23H27FN4O4. The van der Waals surface area contributed by atoms with Gasteiger partial charge in [0.1, 0.15) is 11.6 Å². The lowest BCUT2D eigenvalue weighted by Crippen LogP contribution is -2.10. The number of rotatable bonds is 13. The minimum Gasteiger partial charge on any atom is -0.481 e. The molecule has 3 rings (SSSR count). The largest absolute Gasteiger partial charge is 0.481 e. The van der Waals surface area contributed by atoms with Crippen molar-refractivity contribution in [3.05, 3.63) is 71.3 Å². The Balaban J connectivity index is 1.54. The number of halogens is 1. The second kappa shape index (κ2) is 11.9. The highest BCUT2D eigenvalue weighted by molar-refractivity contribution is 5.68. The van der Waals surface area contributed by atoms with E-state index in [4.69, 9.17) is 9.26 Å². The molecule has 1 unspecified atom stereocenters. The van der Waals surface area contributed by atoms with Crippen molar-refractivity contribution in [2.24, 2.45) is 0 Å². The number of pyridine rings is 1. The second-order valence-corrected chi connectivity index (χ2v) is 7.45. The highest BCUT2D eigenvalue weighted by Gasteiger charge is 2.20. The number of aliphatic carboxylic acids is 1. The third-order valence-corrected chi connectivity index (χ3v) is 4.92. The number of aromatic nitrogens is 3. The molecule has 0 saturated heterocycles. The number of aryl methyl sites for hydroxylation is 2. The normalized spacial score (nSPS) is 11.9. The van der Waals surface area contributed by atoms with Crippen molar-refractivity contribution in [2.75, 3.05) is 25.6 Å². The minimum absolute atomic E-state index is 0.151. The summed E-state index contributed by atoms with van der Waals surface area (Å²) in [6.07, 6.45) is 2.24. The number of hydrogen-bond acceptors (Lipinski definition) is 7. The number of methoxy groups -OCH3 is 1. The number of benzene rings is 1. The lowest BCUT2D eigenvalue weighted by molar-refractivity contribution is -0.137. The van der Waals surface area contributed by atoms with Crippen molar-refractivity contribution in [3.8, 4) is 0 Å². The van der Waals surface area contributed by atoms with Crippen molar-refractivity contribution < 1.29 is 23.6 Å². The van der Waals surface area contributed by atoms with E-state index in [1.807, 2.05) is 18.2 Å². The molecule has 32 heavy (non-hydrogen) atoms. The summed E-state index contributed by atoms with van der Waals surface area (Å²) in [4.78, 5) is 20.2. The molecule has 8 nitrogen and oxygen atoms in total. The molecule has 0 radical (unpaired) electrons. The molecule has 2 N–H and O–H groups in total. The predicted octanol–water partition coefficient (Wildman–Crippen LogP) is 3.64. The summed E-state index contributed by atoms with van der Waals surface area (Å²) < 4.78 is 23.9. The Labute approximate surface area is 185 Å². The number of anilines is 1. The maximum absolute atomic E-state index is 13.6. The summed E-state index contributed by atoms with van der Waals surface area (Å²) in [6.45, 7) is 1.30. The monoisotopic (exact) mass is 442 g/mol. The van der Waals surface area contributed by atoms with Crippen LogP contribution in [0.25, 0.3) is 0 Å². The van der Waals surface area contributed by atoms with Gasteiger partial charge in [-0.2, -0.15) is 4.98 Å². The summed E-state index contributed by atoms with van der Waals surface area (Å²) in [5.74, 6) is -0.112. The first-order chi connectivity index (χ1) is 15.5. The van der Waals surface area contributed by atoms with Crippen molar-refractivity contribution >= 4 is 11.8 Å². The molecule has 0 amide bonds.